The molecule has 1 atom stereocenters. The van der Waals surface area contributed by atoms with Gasteiger partial charge in [0.25, 0.3) is 5.60 Å². The van der Waals surface area contributed by atoms with Crippen molar-refractivity contribution in [1.29, 1.82) is 0 Å². The predicted molar refractivity (Wildman–Crippen MR) is 99.4 cm³/mol. The van der Waals surface area contributed by atoms with E-state index in [1.807, 2.05) is 0 Å². The third-order valence-electron chi connectivity index (χ3n) is 4.21. The molecule has 0 radical (unpaired) electrons. The number of hydrogen-bond acceptors (Lipinski definition) is 4. The van der Waals surface area contributed by atoms with Gasteiger partial charge in [-0.25, -0.2) is 4.79 Å². The van der Waals surface area contributed by atoms with Crippen LogP contribution in [0.3, 0.4) is 0 Å². The number of fused-ring (bicyclic) bond motifs is 1. The largest absolute Gasteiger partial charge is 0.479 e. The van der Waals surface area contributed by atoms with Crippen molar-refractivity contribution in [3.05, 3.63) is 36.0 Å². The third-order valence-corrected chi connectivity index (χ3v) is 4.21. The van der Waals surface area contributed by atoms with Gasteiger partial charge in [0.2, 0.25) is 0 Å². The van der Waals surface area contributed by atoms with Crippen molar-refractivity contribution >= 4 is 22.8 Å². The summed E-state index contributed by atoms with van der Waals surface area (Å²) in [7, 11) is 0. The molecule has 1 heterocycles. The van der Waals surface area contributed by atoms with Crippen LogP contribution in [-0.2, 0) is 31.2 Å². The fourth-order valence-corrected chi connectivity index (χ4v) is 3.14. The van der Waals surface area contributed by atoms with E-state index in [0.29, 0.717) is 5.52 Å². The second kappa shape index (κ2) is 8.06. The first kappa shape index (κ1) is 22.7. The van der Waals surface area contributed by atoms with Crippen molar-refractivity contribution in [2.45, 2.75) is 58.0 Å². The van der Waals surface area contributed by atoms with Gasteiger partial charge in [0.05, 0.1) is 6.42 Å². The lowest BCUT2D eigenvalue weighted by Crippen LogP contribution is -2.51. The van der Waals surface area contributed by atoms with Gasteiger partial charge in [-0.05, 0) is 33.8 Å². The topological polar surface area (TPSA) is 77.8 Å². The van der Waals surface area contributed by atoms with Gasteiger partial charge in [-0.3, -0.25) is 4.79 Å². The third kappa shape index (κ3) is 4.55. The highest BCUT2D eigenvalue weighted by Crippen LogP contribution is 2.45. The lowest BCUT2D eigenvalue weighted by atomic mass is 9.92. The Morgan fingerprint density at radius 1 is 1.14 bits per heavy atom. The first-order valence-corrected chi connectivity index (χ1v) is 9.07. The number of carboxylic acids is 1. The number of rotatable bonds is 7. The molecule has 0 bridgehead atoms. The van der Waals surface area contributed by atoms with Crippen LogP contribution in [0, 0.1) is 0 Å². The number of hydrogen-bond donors (Lipinski definition) is 1. The van der Waals surface area contributed by atoms with Gasteiger partial charge in [-0.1, -0.05) is 18.2 Å². The molecule has 0 saturated carbocycles. The number of para-hydroxylation sites is 1. The number of carbonyl (C=O) groups excluding carboxylic acids is 1. The maximum Gasteiger partial charge on any atom is 0.432 e. The predicted octanol–water partition coefficient (Wildman–Crippen LogP) is 4.25. The zero-order valence-corrected chi connectivity index (χ0v) is 16.7. The Hall–Kier alpha value is -2.55. The Kier molecular flexibility index (Phi) is 6.32. The maximum atomic E-state index is 13.9. The minimum absolute atomic E-state index is 0.0229. The average molecular weight is 415 g/mol. The van der Waals surface area contributed by atoms with Crippen LogP contribution in [0.5, 0.6) is 0 Å². The Bertz CT molecular complexity index is 898. The molecule has 160 valence electrons. The van der Waals surface area contributed by atoms with Crippen LogP contribution < -0.4 is 0 Å². The maximum absolute atomic E-state index is 13.9. The van der Waals surface area contributed by atoms with Gasteiger partial charge in [0.1, 0.15) is 5.60 Å². The van der Waals surface area contributed by atoms with Gasteiger partial charge in [-0.2, -0.15) is 13.2 Å². The summed E-state index contributed by atoms with van der Waals surface area (Å²) in [5.41, 5.74) is -4.37. The summed E-state index contributed by atoms with van der Waals surface area (Å²) in [6, 6.07) is 6.09. The number of aliphatic carboxylic acids is 1. The first-order valence-electron chi connectivity index (χ1n) is 9.07. The van der Waals surface area contributed by atoms with E-state index in [1.165, 1.54) is 23.6 Å². The van der Waals surface area contributed by atoms with Gasteiger partial charge in [0, 0.05) is 35.8 Å². The van der Waals surface area contributed by atoms with E-state index >= 15 is 0 Å². The fourth-order valence-electron chi connectivity index (χ4n) is 3.14. The molecule has 0 spiro atoms. The summed E-state index contributed by atoms with van der Waals surface area (Å²) in [4.78, 5) is 23.8. The normalized spacial score (nSPS) is 14.6. The zero-order chi connectivity index (χ0) is 22.0. The highest BCUT2D eigenvalue weighted by Gasteiger charge is 2.64. The molecule has 0 aliphatic heterocycles. The van der Waals surface area contributed by atoms with E-state index in [0.717, 1.165) is 6.20 Å². The van der Waals surface area contributed by atoms with Gasteiger partial charge >= 0.3 is 18.1 Å². The molecule has 0 aliphatic rings. The summed E-state index contributed by atoms with van der Waals surface area (Å²) < 4.78 is 53.3. The van der Waals surface area contributed by atoms with Gasteiger partial charge in [0.15, 0.2) is 0 Å². The molecule has 2 aromatic rings. The minimum atomic E-state index is -5.20. The van der Waals surface area contributed by atoms with E-state index in [2.05, 4.69) is 0 Å². The Morgan fingerprint density at radius 3 is 2.28 bits per heavy atom. The lowest BCUT2D eigenvalue weighted by molar-refractivity contribution is -0.279. The summed E-state index contributed by atoms with van der Waals surface area (Å²) in [6.45, 7) is 5.99. The van der Waals surface area contributed by atoms with E-state index < -0.39 is 41.5 Å². The average Bonchev–Trinajstić information content (AvgIpc) is 2.94. The van der Waals surface area contributed by atoms with Crippen LogP contribution in [0.25, 0.3) is 10.9 Å². The zero-order valence-electron chi connectivity index (χ0n) is 16.7. The standard InChI is InChI=1S/C20H24F3NO5/c1-5-28-19(17(26)27,20(21,22)23)14-12-24(15-9-7-6-8-13(14)15)11-10-16(25)29-18(2,3)4/h6-9,12H,5,10-11H2,1-4H3,(H,26,27). The summed E-state index contributed by atoms with van der Waals surface area (Å²) in [5, 5.41) is 9.62. The molecular formula is C20H24F3NO5. The fraction of sp³-hybridized carbons (Fsp3) is 0.500. The first-order chi connectivity index (χ1) is 13.3. The Balaban J connectivity index is 2.55. The number of alkyl halides is 3. The molecule has 1 unspecified atom stereocenters. The Labute approximate surface area is 166 Å². The van der Waals surface area contributed by atoms with E-state index in [1.54, 1.807) is 32.9 Å². The molecule has 2 rings (SSSR count). The monoisotopic (exact) mass is 415 g/mol. The number of aromatic nitrogens is 1. The summed E-state index contributed by atoms with van der Waals surface area (Å²) in [5.74, 6) is -2.66. The van der Waals surface area contributed by atoms with Crippen LogP contribution in [-0.4, -0.2) is 40.0 Å². The molecule has 0 aliphatic carbocycles. The molecule has 1 aromatic heterocycles. The molecule has 1 aromatic carbocycles. The van der Waals surface area contributed by atoms with Crippen LogP contribution in [0.1, 0.15) is 39.7 Å². The van der Waals surface area contributed by atoms with Crippen LogP contribution >= 0.6 is 0 Å². The lowest BCUT2D eigenvalue weighted by Gasteiger charge is -2.31. The van der Waals surface area contributed by atoms with Crippen molar-refractivity contribution in [3.8, 4) is 0 Å². The highest BCUT2D eigenvalue weighted by molar-refractivity contribution is 5.92. The summed E-state index contributed by atoms with van der Waals surface area (Å²) >= 11 is 0. The van der Waals surface area contributed by atoms with Gasteiger partial charge in [-0.15, -0.1) is 0 Å². The minimum Gasteiger partial charge on any atom is -0.479 e. The molecule has 29 heavy (non-hydrogen) atoms. The molecule has 1 N–H and O–H groups in total. The van der Waals surface area contributed by atoms with Gasteiger partial charge < -0.3 is 19.1 Å². The molecule has 9 heteroatoms. The SMILES string of the molecule is CCOC(C(=O)O)(c1cn(CCC(=O)OC(C)(C)C)c2ccccc12)C(F)(F)F. The van der Waals surface area contributed by atoms with E-state index in [-0.39, 0.29) is 18.4 Å². The molecule has 0 fully saturated rings. The van der Waals surface area contributed by atoms with Crippen molar-refractivity contribution in [2.75, 3.05) is 6.61 Å². The number of nitrogens with zero attached hydrogens (tertiary/aromatic N) is 1. The quantitative estimate of drug-likeness (QED) is 0.684. The molecule has 6 nitrogen and oxygen atoms in total. The number of halogens is 3. The molecule has 0 saturated heterocycles. The van der Waals surface area contributed by atoms with Crippen LogP contribution in [0.15, 0.2) is 30.5 Å². The number of benzene rings is 1. The van der Waals surface area contributed by atoms with Crippen LogP contribution in [0.4, 0.5) is 13.2 Å². The smallest absolute Gasteiger partial charge is 0.432 e. The number of esters is 1. The highest BCUT2D eigenvalue weighted by atomic mass is 19.4. The molecule has 0 amide bonds. The Morgan fingerprint density at radius 2 is 1.76 bits per heavy atom. The number of carbonyl (C=O) groups is 2. The van der Waals surface area contributed by atoms with Crippen LogP contribution in [0.2, 0.25) is 0 Å². The number of aryl methyl sites for hydroxylation is 1. The van der Waals surface area contributed by atoms with Crippen molar-refractivity contribution in [3.63, 3.8) is 0 Å². The summed E-state index contributed by atoms with van der Waals surface area (Å²) in [6.07, 6.45) is -4.20. The molecular weight excluding hydrogens is 391 g/mol. The van der Waals surface area contributed by atoms with E-state index in [4.69, 9.17) is 9.47 Å². The van der Waals surface area contributed by atoms with Crippen molar-refractivity contribution in [2.24, 2.45) is 0 Å². The van der Waals surface area contributed by atoms with E-state index in [9.17, 15) is 27.9 Å². The van der Waals surface area contributed by atoms with Crippen molar-refractivity contribution in [1.82, 2.24) is 4.57 Å². The second-order valence-corrected chi connectivity index (χ2v) is 7.51. The second-order valence-electron chi connectivity index (χ2n) is 7.51. The van der Waals surface area contributed by atoms with Crippen molar-refractivity contribution < 1.29 is 37.3 Å². The number of ether oxygens (including phenoxy) is 2. The number of carboxylic acid groups (broad SMARTS) is 1.